The summed E-state index contributed by atoms with van der Waals surface area (Å²) in [5.41, 5.74) is -1.93. The number of hydrogen-bond donors (Lipinski definition) is 1. The lowest BCUT2D eigenvalue weighted by Gasteiger charge is -2.32. The zero-order valence-corrected chi connectivity index (χ0v) is 17.7. The normalized spacial score (nSPS) is 15.8. The largest absolute Gasteiger partial charge is 0.418 e. The number of halogens is 3. The number of amides is 1. The van der Waals surface area contributed by atoms with Crippen LogP contribution in [0.2, 0.25) is 0 Å². The second-order valence-corrected chi connectivity index (χ2v) is 7.87. The number of piperidine rings is 1. The Morgan fingerprint density at radius 3 is 2.55 bits per heavy atom. The molecule has 1 amide bonds. The fraction of sp³-hybridized carbons (Fsp3) is 0.500. The first-order chi connectivity index (χ1) is 14.7. The Bertz CT molecular complexity index is 979. The molecule has 2 aromatic rings. The summed E-state index contributed by atoms with van der Waals surface area (Å²) >= 11 is 0. The number of aromatic nitrogens is 2. The van der Waals surface area contributed by atoms with E-state index in [1.54, 1.807) is 0 Å². The number of para-hydroxylation sites is 1. The minimum absolute atomic E-state index is 0.0937. The number of nitrogens with one attached hydrogen (secondary N) is 1. The van der Waals surface area contributed by atoms with Gasteiger partial charge in [0.2, 0.25) is 5.43 Å². The van der Waals surface area contributed by atoms with E-state index >= 15 is 0 Å². The molecule has 1 N–H and O–H groups in total. The average molecular weight is 436 g/mol. The summed E-state index contributed by atoms with van der Waals surface area (Å²) in [4.78, 5) is 27.5. The lowest BCUT2D eigenvalue weighted by atomic mass is 10.0. The first-order valence-corrected chi connectivity index (χ1v) is 10.5. The van der Waals surface area contributed by atoms with Crippen molar-refractivity contribution in [3.63, 3.8) is 0 Å². The molecule has 3 rings (SSSR count). The summed E-state index contributed by atoms with van der Waals surface area (Å²) in [6.07, 6.45) is -0.830. The van der Waals surface area contributed by atoms with Crippen molar-refractivity contribution in [3.8, 4) is 5.69 Å². The van der Waals surface area contributed by atoms with Gasteiger partial charge in [-0.25, -0.2) is 4.68 Å². The SMILES string of the molecule is CCCCN1CCC(NC(=O)c2nn(-c3ccccc3C(F)(F)F)c(C)cc2=O)CC1. The predicted octanol–water partition coefficient (Wildman–Crippen LogP) is 3.55. The van der Waals surface area contributed by atoms with Crippen molar-refractivity contribution in [3.05, 3.63) is 57.5 Å². The van der Waals surface area contributed by atoms with Crippen molar-refractivity contribution in [2.24, 2.45) is 0 Å². The summed E-state index contributed by atoms with van der Waals surface area (Å²) in [6.45, 7) is 6.36. The molecule has 6 nitrogen and oxygen atoms in total. The molecular formula is C22H27F3N4O2. The van der Waals surface area contributed by atoms with Gasteiger partial charge in [0.25, 0.3) is 5.91 Å². The van der Waals surface area contributed by atoms with Gasteiger partial charge in [-0.15, -0.1) is 0 Å². The van der Waals surface area contributed by atoms with E-state index in [0.29, 0.717) is 0 Å². The third-order valence-corrected chi connectivity index (χ3v) is 5.51. The van der Waals surface area contributed by atoms with E-state index < -0.39 is 28.8 Å². The molecule has 168 valence electrons. The van der Waals surface area contributed by atoms with E-state index in [1.165, 1.54) is 25.1 Å². The zero-order chi connectivity index (χ0) is 22.6. The Hall–Kier alpha value is -2.68. The van der Waals surface area contributed by atoms with Crippen LogP contribution in [0, 0.1) is 6.92 Å². The number of likely N-dealkylation sites (tertiary alicyclic amines) is 1. The maximum Gasteiger partial charge on any atom is 0.418 e. The highest BCUT2D eigenvalue weighted by Crippen LogP contribution is 2.33. The molecule has 1 saturated heterocycles. The molecule has 1 fully saturated rings. The van der Waals surface area contributed by atoms with Gasteiger partial charge in [0, 0.05) is 30.9 Å². The molecule has 0 atom stereocenters. The summed E-state index contributed by atoms with van der Waals surface area (Å²) in [7, 11) is 0. The van der Waals surface area contributed by atoms with Crippen LogP contribution in [-0.4, -0.2) is 46.3 Å². The molecule has 0 spiro atoms. The fourth-order valence-electron chi connectivity index (χ4n) is 3.78. The molecule has 0 saturated carbocycles. The van der Waals surface area contributed by atoms with Crippen LogP contribution in [0.4, 0.5) is 13.2 Å². The van der Waals surface area contributed by atoms with Crippen LogP contribution in [0.3, 0.4) is 0 Å². The first-order valence-electron chi connectivity index (χ1n) is 10.5. The Morgan fingerprint density at radius 2 is 1.90 bits per heavy atom. The van der Waals surface area contributed by atoms with Crippen molar-refractivity contribution >= 4 is 5.91 Å². The second kappa shape index (κ2) is 9.64. The summed E-state index contributed by atoms with van der Waals surface area (Å²) in [5.74, 6) is -0.657. The van der Waals surface area contributed by atoms with Gasteiger partial charge in [0.05, 0.1) is 11.3 Å². The Balaban J connectivity index is 1.81. The minimum atomic E-state index is -4.60. The first kappa shape index (κ1) is 23.0. The third kappa shape index (κ3) is 5.52. The number of benzene rings is 1. The molecule has 1 aliphatic heterocycles. The Kier molecular flexibility index (Phi) is 7.15. The van der Waals surface area contributed by atoms with Crippen LogP contribution in [-0.2, 0) is 6.18 Å². The van der Waals surface area contributed by atoms with E-state index in [1.807, 2.05) is 0 Å². The lowest BCUT2D eigenvalue weighted by Crippen LogP contribution is -2.46. The Morgan fingerprint density at radius 1 is 1.23 bits per heavy atom. The summed E-state index contributed by atoms with van der Waals surface area (Å²) in [6, 6.07) is 5.99. The van der Waals surface area contributed by atoms with Crippen molar-refractivity contribution in [2.45, 2.75) is 51.7 Å². The standard InChI is InChI=1S/C22H27F3N4O2/c1-3-4-11-28-12-9-16(10-13-28)26-21(31)20-19(30)14-15(2)29(27-20)18-8-6-5-7-17(18)22(23,24)25/h5-8,14,16H,3-4,9-13H2,1-2H3,(H,26,31). The van der Waals surface area contributed by atoms with Crippen LogP contribution < -0.4 is 10.7 Å². The van der Waals surface area contributed by atoms with Gasteiger partial charge < -0.3 is 10.2 Å². The number of unbranched alkanes of at least 4 members (excludes halogenated alkanes) is 1. The number of hydrogen-bond acceptors (Lipinski definition) is 4. The van der Waals surface area contributed by atoms with Gasteiger partial charge in [0.1, 0.15) is 0 Å². The van der Waals surface area contributed by atoms with Gasteiger partial charge in [-0.3, -0.25) is 9.59 Å². The van der Waals surface area contributed by atoms with Crippen LogP contribution in [0.1, 0.15) is 54.4 Å². The van der Waals surface area contributed by atoms with Crippen LogP contribution in [0.5, 0.6) is 0 Å². The molecule has 0 unspecified atom stereocenters. The molecule has 1 aromatic carbocycles. The molecule has 1 aliphatic rings. The van der Waals surface area contributed by atoms with Gasteiger partial charge >= 0.3 is 6.18 Å². The number of nitrogens with zero attached hydrogens (tertiary/aromatic N) is 3. The van der Waals surface area contributed by atoms with Crippen molar-refractivity contribution in [1.82, 2.24) is 20.0 Å². The number of rotatable bonds is 6. The van der Waals surface area contributed by atoms with E-state index in [4.69, 9.17) is 0 Å². The van der Waals surface area contributed by atoms with Gasteiger partial charge in [-0.1, -0.05) is 25.5 Å². The van der Waals surface area contributed by atoms with Crippen molar-refractivity contribution in [1.29, 1.82) is 0 Å². The molecule has 31 heavy (non-hydrogen) atoms. The van der Waals surface area contributed by atoms with E-state index in [-0.39, 0.29) is 17.4 Å². The highest BCUT2D eigenvalue weighted by molar-refractivity contribution is 5.92. The van der Waals surface area contributed by atoms with Crippen molar-refractivity contribution < 1.29 is 18.0 Å². The van der Waals surface area contributed by atoms with Crippen LogP contribution in [0.15, 0.2) is 35.1 Å². The molecular weight excluding hydrogens is 409 g/mol. The molecule has 0 aliphatic carbocycles. The molecule has 2 heterocycles. The van der Waals surface area contributed by atoms with Crippen molar-refractivity contribution in [2.75, 3.05) is 19.6 Å². The topological polar surface area (TPSA) is 67.2 Å². The average Bonchev–Trinajstić information content (AvgIpc) is 2.72. The molecule has 0 bridgehead atoms. The zero-order valence-electron chi connectivity index (χ0n) is 17.7. The smallest absolute Gasteiger partial charge is 0.348 e. The predicted molar refractivity (Wildman–Crippen MR) is 111 cm³/mol. The van der Waals surface area contributed by atoms with E-state index in [0.717, 1.165) is 62.1 Å². The highest BCUT2D eigenvalue weighted by Gasteiger charge is 2.34. The number of alkyl halides is 3. The maximum absolute atomic E-state index is 13.4. The van der Waals surface area contributed by atoms with Crippen LogP contribution in [0.25, 0.3) is 5.69 Å². The molecule has 1 aromatic heterocycles. The minimum Gasteiger partial charge on any atom is -0.348 e. The molecule has 0 radical (unpaired) electrons. The Labute approximate surface area is 179 Å². The summed E-state index contributed by atoms with van der Waals surface area (Å²) < 4.78 is 41.3. The van der Waals surface area contributed by atoms with Gasteiger partial charge in [-0.2, -0.15) is 18.3 Å². The van der Waals surface area contributed by atoms with Gasteiger partial charge in [0.15, 0.2) is 5.69 Å². The quantitative estimate of drug-likeness (QED) is 0.752. The molecule has 9 heteroatoms. The van der Waals surface area contributed by atoms with Crippen LogP contribution >= 0.6 is 0 Å². The highest BCUT2D eigenvalue weighted by atomic mass is 19.4. The fourth-order valence-corrected chi connectivity index (χ4v) is 3.78. The summed E-state index contributed by atoms with van der Waals surface area (Å²) in [5, 5.41) is 6.85. The number of carbonyl (C=O) groups excluding carboxylic acids is 1. The maximum atomic E-state index is 13.4. The monoisotopic (exact) mass is 436 g/mol. The van der Waals surface area contributed by atoms with E-state index in [9.17, 15) is 22.8 Å². The second-order valence-electron chi connectivity index (χ2n) is 7.87. The lowest BCUT2D eigenvalue weighted by molar-refractivity contribution is -0.137. The van der Waals surface area contributed by atoms with Gasteiger partial charge in [-0.05, 0) is 44.9 Å². The number of carbonyl (C=O) groups is 1. The third-order valence-electron chi connectivity index (χ3n) is 5.51. The van der Waals surface area contributed by atoms with E-state index in [2.05, 4.69) is 22.2 Å². The number of aryl methyl sites for hydroxylation is 1.